The van der Waals surface area contributed by atoms with Gasteiger partial charge in [-0.25, -0.2) is 4.83 Å². The molecule has 0 aromatic heterocycles. The lowest BCUT2D eigenvalue weighted by molar-refractivity contribution is 0.340. The zero-order valence-electron chi connectivity index (χ0n) is 11.8. The topological polar surface area (TPSA) is 67.8 Å². The molecule has 0 amide bonds. The van der Waals surface area contributed by atoms with Gasteiger partial charge in [-0.2, -0.15) is 13.5 Å². The summed E-state index contributed by atoms with van der Waals surface area (Å²) < 4.78 is 29.6. The van der Waals surface area contributed by atoms with Crippen molar-refractivity contribution in [1.29, 1.82) is 0 Å². The Kier molecular flexibility index (Phi) is 3.71. The number of allylic oxidation sites excluding steroid dienone is 2. The number of sulfonamides is 1. The molecule has 2 atom stereocenters. The number of nitrogens with zero attached hydrogens (tertiary/aromatic N) is 1. The third-order valence-corrected chi connectivity index (χ3v) is 5.14. The molecule has 1 aromatic carbocycles. The SMILES string of the molecule is CCOc1ccc(S(=O)(=O)N/N=C2/C[C@@H]3C=CC[C@@H]23)cc1. The number of ether oxygens (including phenoxy) is 1. The van der Waals surface area contributed by atoms with Gasteiger partial charge in [-0.3, -0.25) is 0 Å². The van der Waals surface area contributed by atoms with Crippen LogP contribution >= 0.6 is 0 Å². The van der Waals surface area contributed by atoms with Gasteiger partial charge in [0.05, 0.1) is 11.5 Å². The number of rotatable bonds is 5. The molecule has 0 aliphatic heterocycles. The molecule has 1 fully saturated rings. The van der Waals surface area contributed by atoms with E-state index in [1.54, 1.807) is 12.1 Å². The van der Waals surface area contributed by atoms with E-state index in [9.17, 15) is 8.42 Å². The van der Waals surface area contributed by atoms with Gasteiger partial charge in [0.1, 0.15) is 5.75 Å². The summed E-state index contributed by atoms with van der Waals surface area (Å²) >= 11 is 0. The molecule has 1 aromatic rings. The minimum Gasteiger partial charge on any atom is -0.494 e. The van der Waals surface area contributed by atoms with Crippen LogP contribution in [0.3, 0.4) is 0 Å². The van der Waals surface area contributed by atoms with Crippen molar-refractivity contribution >= 4 is 15.7 Å². The number of hydrogen-bond donors (Lipinski definition) is 1. The lowest BCUT2D eigenvalue weighted by atomic mass is 9.74. The Morgan fingerprint density at radius 1 is 1.33 bits per heavy atom. The average molecular weight is 306 g/mol. The van der Waals surface area contributed by atoms with Gasteiger partial charge in [-0.05, 0) is 49.9 Å². The smallest absolute Gasteiger partial charge is 0.276 e. The zero-order valence-corrected chi connectivity index (χ0v) is 12.6. The van der Waals surface area contributed by atoms with Gasteiger partial charge in [-0.1, -0.05) is 12.2 Å². The van der Waals surface area contributed by atoms with Gasteiger partial charge in [0.15, 0.2) is 0 Å². The van der Waals surface area contributed by atoms with E-state index in [0.29, 0.717) is 24.2 Å². The summed E-state index contributed by atoms with van der Waals surface area (Å²) in [6.45, 7) is 2.43. The molecule has 2 aliphatic carbocycles. The maximum absolute atomic E-state index is 12.2. The second kappa shape index (κ2) is 5.52. The van der Waals surface area contributed by atoms with Crippen LogP contribution in [0.1, 0.15) is 19.8 Å². The lowest BCUT2D eigenvalue weighted by Crippen LogP contribution is -2.35. The minimum atomic E-state index is -3.61. The van der Waals surface area contributed by atoms with Gasteiger partial charge in [0.2, 0.25) is 0 Å². The van der Waals surface area contributed by atoms with Crippen LogP contribution < -0.4 is 9.57 Å². The molecule has 0 spiro atoms. The third kappa shape index (κ3) is 2.81. The van der Waals surface area contributed by atoms with Crippen LogP contribution in [0.15, 0.2) is 46.4 Å². The highest BCUT2D eigenvalue weighted by Crippen LogP contribution is 2.40. The summed E-state index contributed by atoms with van der Waals surface area (Å²) in [6, 6.07) is 6.33. The van der Waals surface area contributed by atoms with Gasteiger partial charge < -0.3 is 4.74 Å². The van der Waals surface area contributed by atoms with Gasteiger partial charge in [-0.15, -0.1) is 0 Å². The van der Waals surface area contributed by atoms with Crippen molar-refractivity contribution in [2.24, 2.45) is 16.9 Å². The zero-order chi connectivity index (χ0) is 14.9. The molecule has 112 valence electrons. The van der Waals surface area contributed by atoms with Crippen LogP contribution in [0.25, 0.3) is 0 Å². The Morgan fingerprint density at radius 2 is 2.10 bits per heavy atom. The van der Waals surface area contributed by atoms with E-state index in [1.165, 1.54) is 12.1 Å². The molecule has 1 saturated carbocycles. The van der Waals surface area contributed by atoms with E-state index in [-0.39, 0.29) is 4.90 Å². The summed E-state index contributed by atoms with van der Waals surface area (Å²) in [6.07, 6.45) is 6.14. The van der Waals surface area contributed by atoms with Crippen LogP contribution in [-0.4, -0.2) is 20.7 Å². The van der Waals surface area contributed by atoms with Crippen molar-refractivity contribution in [3.8, 4) is 5.75 Å². The van der Waals surface area contributed by atoms with Crippen molar-refractivity contribution in [2.75, 3.05) is 6.61 Å². The molecule has 21 heavy (non-hydrogen) atoms. The second-order valence-electron chi connectivity index (χ2n) is 5.24. The van der Waals surface area contributed by atoms with E-state index in [4.69, 9.17) is 4.74 Å². The Balaban J connectivity index is 1.68. The molecule has 0 unspecified atom stereocenters. The predicted octanol–water partition coefficient (Wildman–Crippen LogP) is 2.32. The fourth-order valence-corrected chi connectivity index (χ4v) is 3.55. The Morgan fingerprint density at radius 3 is 2.76 bits per heavy atom. The first kappa shape index (κ1) is 14.1. The Hall–Kier alpha value is -1.82. The normalized spacial score (nSPS) is 25.5. The number of hydrogen-bond acceptors (Lipinski definition) is 4. The summed E-state index contributed by atoms with van der Waals surface area (Å²) in [4.78, 5) is 2.52. The Labute approximate surface area is 124 Å². The third-order valence-electron chi connectivity index (χ3n) is 3.92. The number of nitrogens with one attached hydrogen (secondary N) is 1. The lowest BCUT2D eigenvalue weighted by Gasteiger charge is -2.31. The standard InChI is InChI=1S/C15H18N2O3S/c1-2-20-12-6-8-13(9-7-12)21(18,19)17-16-15-10-11-4-3-5-14(11)15/h3-4,6-9,11,14,17H,2,5,10H2,1H3/b16-15-/t11-,14+/m0/s1. The van der Waals surface area contributed by atoms with Crippen molar-refractivity contribution in [1.82, 2.24) is 4.83 Å². The summed E-state index contributed by atoms with van der Waals surface area (Å²) in [5, 5.41) is 4.09. The van der Waals surface area contributed by atoms with Gasteiger partial charge >= 0.3 is 0 Å². The molecular weight excluding hydrogens is 288 g/mol. The number of hydrazone groups is 1. The van der Waals surface area contributed by atoms with Crippen LogP contribution in [0, 0.1) is 11.8 Å². The van der Waals surface area contributed by atoms with Gasteiger partial charge in [0.25, 0.3) is 10.0 Å². The van der Waals surface area contributed by atoms with Crippen molar-refractivity contribution < 1.29 is 13.2 Å². The van der Waals surface area contributed by atoms with E-state index in [1.807, 2.05) is 6.92 Å². The molecule has 2 aliphatic rings. The average Bonchev–Trinajstić information content (AvgIpc) is 2.81. The van der Waals surface area contributed by atoms with Crippen molar-refractivity contribution in [3.63, 3.8) is 0 Å². The second-order valence-corrected chi connectivity index (χ2v) is 6.90. The molecule has 0 saturated heterocycles. The number of fused-ring (bicyclic) bond motifs is 1. The van der Waals surface area contributed by atoms with Crippen LogP contribution in [-0.2, 0) is 10.0 Å². The van der Waals surface area contributed by atoms with Crippen LogP contribution in [0.4, 0.5) is 0 Å². The van der Waals surface area contributed by atoms with Gasteiger partial charge in [0, 0.05) is 11.6 Å². The monoisotopic (exact) mass is 306 g/mol. The molecule has 0 heterocycles. The van der Waals surface area contributed by atoms with E-state index < -0.39 is 10.0 Å². The molecule has 3 rings (SSSR count). The minimum absolute atomic E-state index is 0.190. The van der Waals surface area contributed by atoms with Crippen molar-refractivity contribution in [2.45, 2.75) is 24.7 Å². The molecule has 1 N–H and O–H groups in total. The fourth-order valence-electron chi connectivity index (χ4n) is 2.72. The predicted molar refractivity (Wildman–Crippen MR) is 80.7 cm³/mol. The highest BCUT2D eigenvalue weighted by atomic mass is 32.2. The van der Waals surface area contributed by atoms with E-state index >= 15 is 0 Å². The fraction of sp³-hybridized carbons (Fsp3) is 0.400. The van der Waals surface area contributed by atoms with Crippen molar-refractivity contribution in [3.05, 3.63) is 36.4 Å². The summed E-state index contributed by atoms with van der Waals surface area (Å²) in [7, 11) is -3.61. The first-order valence-electron chi connectivity index (χ1n) is 7.08. The first-order valence-corrected chi connectivity index (χ1v) is 8.56. The highest BCUT2D eigenvalue weighted by molar-refractivity contribution is 7.89. The quantitative estimate of drug-likeness (QED) is 0.670. The Bertz CT molecular complexity index is 677. The van der Waals surface area contributed by atoms with Crippen LogP contribution in [0.2, 0.25) is 0 Å². The molecule has 5 nitrogen and oxygen atoms in total. The number of benzene rings is 1. The maximum Gasteiger partial charge on any atom is 0.276 e. The largest absolute Gasteiger partial charge is 0.494 e. The first-order chi connectivity index (χ1) is 10.1. The summed E-state index contributed by atoms with van der Waals surface area (Å²) in [5.74, 6) is 1.60. The molecule has 6 heteroatoms. The summed E-state index contributed by atoms with van der Waals surface area (Å²) in [5.41, 5.74) is 0.944. The van der Waals surface area contributed by atoms with Crippen LogP contribution in [0.5, 0.6) is 5.75 Å². The molecule has 0 radical (unpaired) electrons. The molecular formula is C15H18N2O3S. The highest BCUT2D eigenvalue weighted by Gasteiger charge is 2.38. The molecule has 0 bridgehead atoms. The van der Waals surface area contributed by atoms with E-state index in [0.717, 1.165) is 18.6 Å². The maximum atomic E-state index is 12.2. The van der Waals surface area contributed by atoms with E-state index in [2.05, 4.69) is 22.1 Å².